The van der Waals surface area contributed by atoms with E-state index < -0.39 is 5.97 Å². The Hall–Kier alpha value is -3.36. The van der Waals surface area contributed by atoms with Gasteiger partial charge in [-0.1, -0.05) is 12.1 Å². The first-order valence-electron chi connectivity index (χ1n) is 11.3. The Morgan fingerprint density at radius 1 is 1.06 bits per heavy atom. The molecule has 3 aromatic rings. The molecule has 0 saturated carbocycles. The summed E-state index contributed by atoms with van der Waals surface area (Å²) in [6.45, 7) is 6.27. The Bertz CT molecular complexity index is 1220. The minimum Gasteiger partial charge on any atom is -0.497 e. The molecule has 5 rings (SSSR count). The zero-order chi connectivity index (χ0) is 23.8. The molecule has 0 bridgehead atoms. The minimum atomic E-state index is -0.441. The third kappa shape index (κ3) is 4.26. The van der Waals surface area contributed by atoms with Crippen LogP contribution < -0.4 is 20.1 Å². The molecule has 7 nitrogen and oxygen atoms in total. The third-order valence-corrected chi connectivity index (χ3v) is 7.49. The van der Waals surface area contributed by atoms with Crippen LogP contribution in [0.4, 0.5) is 5.00 Å². The average Bonchev–Trinajstić information content (AvgIpc) is 3.22. The van der Waals surface area contributed by atoms with E-state index in [0.717, 1.165) is 35.6 Å². The Morgan fingerprint density at radius 2 is 1.76 bits per heavy atom. The second kappa shape index (κ2) is 9.12. The van der Waals surface area contributed by atoms with Gasteiger partial charge in [-0.25, -0.2) is 4.79 Å². The number of esters is 1. The van der Waals surface area contributed by atoms with Crippen LogP contribution in [0.2, 0.25) is 0 Å². The molecule has 2 aromatic carbocycles. The van der Waals surface area contributed by atoms with E-state index >= 15 is 0 Å². The number of carbonyl (C=O) groups excluding carboxylic acids is 2. The standard InChI is InChI=1S/C26H27N3O4S/c1-15(2)29-13-12-20-21(14-29)34-25-22(20)24(30)27-23(28-25)16-4-10-19(11-5-16)33-26(31)17-6-8-18(32-3)9-7-17/h4-11,15,23,28H,12-14H2,1-3H3,(H,27,30)/t23-/m0/s1. The van der Waals surface area contributed by atoms with Gasteiger partial charge in [-0.2, -0.15) is 0 Å². The van der Waals surface area contributed by atoms with Crippen LogP contribution in [0.15, 0.2) is 48.5 Å². The fourth-order valence-corrected chi connectivity index (χ4v) is 5.66. The van der Waals surface area contributed by atoms with Crippen molar-refractivity contribution in [3.8, 4) is 11.5 Å². The number of anilines is 1. The maximum Gasteiger partial charge on any atom is 0.343 e. The number of amides is 1. The maximum atomic E-state index is 13.0. The first kappa shape index (κ1) is 22.4. The molecule has 0 unspecified atom stereocenters. The number of benzene rings is 2. The fourth-order valence-electron chi connectivity index (χ4n) is 4.36. The van der Waals surface area contributed by atoms with Crippen molar-refractivity contribution in [3.05, 3.63) is 75.7 Å². The van der Waals surface area contributed by atoms with Crippen LogP contribution in [0.1, 0.15) is 56.7 Å². The van der Waals surface area contributed by atoms with E-state index in [0.29, 0.717) is 23.1 Å². The van der Waals surface area contributed by atoms with Crippen LogP contribution in [0.3, 0.4) is 0 Å². The molecule has 0 radical (unpaired) electrons. The van der Waals surface area contributed by atoms with Crippen molar-refractivity contribution in [1.82, 2.24) is 10.2 Å². The molecule has 0 fully saturated rings. The summed E-state index contributed by atoms with van der Waals surface area (Å²) in [5, 5.41) is 7.50. The lowest BCUT2D eigenvalue weighted by molar-refractivity contribution is 0.0734. The topological polar surface area (TPSA) is 79.9 Å². The molecule has 0 aliphatic carbocycles. The molecule has 1 amide bonds. The van der Waals surface area contributed by atoms with Gasteiger partial charge in [0.1, 0.15) is 22.7 Å². The van der Waals surface area contributed by atoms with Crippen LogP contribution in [0.25, 0.3) is 0 Å². The third-order valence-electron chi connectivity index (χ3n) is 6.34. The molecule has 176 valence electrons. The van der Waals surface area contributed by atoms with E-state index in [9.17, 15) is 9.59 Å². The Balaban J connectivity index is 1.28. The van der Waals surface area contributed by atoms with Gasteiger partial charge in [0.05, 0.1) is 18.2 Å². The highest BCUT2D eigenvalue weighted by atomic mass is 32.1. The molecule has 0 saturated heterocycles. The highest BCUT2D eigenvalue weighted by molar-refractivity contribution is 7.16. The van der Waals surface area contributed by atoms with E-state index in [1.165, 1.54) is 10.4 Å². The van der Waals surface area contributed by atoms with Crippen LogP contribution in [-0.4, -0.2) is 36.5 Å². The Kier molecular flexibility index (Phi) is 6.02. The molecule has 8 heteroatoms. The van der Waals surface area contributed by atoms with Gasteiger partial charge in [0.2, 0.25) is 0 Å². The summed E-state index contributed by atoms with van der Waals surface area (Å²) >= 11 is 1.68. The van der Waals surface area contributed by atoms with Crippen molar-refractivity contribution in [2.75, 3.05) is 19.0 Å². The predicted molar refractivity (Wildman–Crippen MR) is 132 cm³/mol. The number of hydrogen-bond donors (Lipinski definition) is 2. The van der Waals surface area contributed by atoms with Gasteiger partial charge in [-0.05, 0) is 67.8 Å². The van der Waals surface area contributed by atoms with Crippen molar-refractivity contribution in [3.63, 3.8) is 0 Å². The quantitative estimate of drug-likeness (QED) is 0.413. The largest absolute Gasteiger partial charge is 0.497 e. The average molecular weight is 478 g/mol. The van der Waals surface area contributed by atoms with Gasteiger partial charge in [0.25, 0.3) is 5.91 Å². The molecular formula is C26H27N3O4S. The summed E-state index contributed by atoms with van der Waals surface area (Å²) in [5.41, 5.74) is 3.31. The predicted octanol–water partition coefficient (Wildman–Crippen LogP) is 4.60. The summed E-state index contributed by atoms with van der Waals surface area (Å²) in [6, 6.07) is 14.4. The summed E-state index contributed by atoms with van der Waals surface area (Å²) < 4.78 is 10.6. The molecule has 0 spiro atoms. The summed E-state index contributed by atoms with van der Waals surface area (Å²) in [5.74, 6) is 0.635. The van der Waals surface area contributed by atoms with Crippen molar-refractivity contribution < 1.29 is 19.1 Å². The Labute approximate surface area is 202 Å². The number of methoxy groups -OCH3 is 1. The van der Waals surface area contributed by atoms with E-state index in [-0.39, 0.29) is 12.1 Å². The van der Waals surface area contributed by atoms with Crippen molar-refractivity contribution in [1.29, 1.82) is 0 Å². The van der Waals surface area contributed by atoms with E-state index in [2.05, 4.69) is 29.4 Å². The number of thiophene rings is 1. The smallest absolute Gasteiger partial charge is 0.343 e. The van der Waals surface area contributed by atoms with Gasteiger partial charge in [-0.3, -0.25) is 9.69 Å². The van der Waals surface area contributed by atoms with Gasteiger partial charge in [0.15, 0.2) is 0 Å². The van der Waals surface area contributed by atoms with Gasteiger partial charge in [-0.15, -0.1) is 11.3 Å². The highest BCUT2D eigenvalue weighted by Crippen LogP contribution is 2.41. The molecular weight excluding hydrogens is 450 g/mol. The molecule has 34 heavy (non-hydrogen) atoms. The van der Waals surface area contributed by atoms with Crippen molar-refractivity contribution >= 4 is 28.2 Å². The lowest BCUT2D eigenvalue weighted by Crippen LogP contribution is -2.39. The van der Waals surface area contributed by atoms with Crippen LogP contribution in [0.5, 0.6) is 11.5 Å². The fraction of sp³-hybridized carbons (Fsp3) is 0.308. The van der Waals surface area contributed by atoms with Crippen LogP contribution in [-0.2, 0) is 13.0 Å². The Morgan fingerprint density at radius 3 is 2.44 bits per heavy atom. The van der Waals surface area contributed by atoms with E-state index in [1.807, 2.05) is 12.1 Å². The zero-order valence-electron chi connectivity index (χ0n) is 19.4. The first-order chi connectivity index (χ1) is 16.4. The molecule has 2 aliphatic rings. The number of rotatable bonds is 5. The number of carbonyl (C=O) groups is 2. The van der Waals surface area contributed by atoms with Crippen LogP contribution in [0, 0.1) is 0 Å². The summed E-state index contributed by atoms with van der Waals surface area (Å²) in [7, 11) is 1.58. The van der Waals surface area contributed by atoms with Crippen LogP contribution >= 0.6 is 11.3 Å². The first-order valence-corrected chi connectivity index (χ1v) is 12.2. The van der Waals surface area contributed by atoms with Gasteiger partial charge < -0.3 is 20.1 Å². The van der Waals surface area contributed by atoms with E-state index in [1.54, 1.807) is 54.8 Å². The lowest BCUT2D eigenvalue weighted by Gasteiger charge is -2.31. The number of nitrogens with one attached hydrogen (secondary N) is 2. The molecule has 3 heterocycles. The molecule has 1 aromatic heterocycles. The number of hydrogen-bond acceptors (Lipinski definition) is 7. The second-order valence-corrected chi connectivity index (χ2v) is 9.87. The van der Waals surface area contributed by atoms with Crippen molar-refractivity contribution in [2.24, 2.45) is 0 Å². The summed E-state index contributed by atoms with van der Waals surface area (Å²) in [6.07, 6.45) is 0.556. The summed E-state index contributed by atoms with van der Waals surface area (Å²) in [4.78, 5) is 29.1. The molecule has 1 atom stereocenters. The van der Waals surface area contributed by atoms with Gasteiger partial charge >= 0.3 is 5.97 Å². The monoisotopic (exact) mass is 477 g/mol. The highest BCUT2D eigenvalue weighted by Gasteiger charge is 2.33. The minimum absolute atomic E-state index is 0.0377. The molecule has 2 aliphatic heterocycles. The maximum absolute atomic E-state index is 13.0. The lowest BCUT2D eigenvalue weighted by atomic mass is 9.99. The SMILES string of the molecule is COc1ccc(C(=O)Oc2ccc([C@H]3NC(=O)c4c(sc5c4CCN(C(C)C)C5)N3)cc2)cc1. The van der Waals surface area contributed by atoms with E-state index in [4.69, 9.17) is 9.47 Å². The number of ether oxygens (including phenoxy) is 2. The normalized spacial score (nSPS) is 17.4. The number of nitrogens with zero attached hydrogens (tertiary/aromatic N) is 1. The van der Waals surface area contributed by atoms with Crippen molar-refractivity contribution in [2.45, 2.75) is 39.0 Å². The number of fused-ring (bicyclic) bond motifs is 3. The zero-order valence-corrected chi connectivity index (χ0v) is 20.2. The second-order valence-electron chi connectivity index (χ2n) is 8.76. The molecule has 2 N–H and O–H groups in total. The van der Waals surface area contributed by atoms with Gasteiger partial charge in [0, 0.05) is 24.0 Å².